The van der Waals surface area contributed by atoms with E-state index in [2.05, 4.69) is 98.6 Å². The van der Waals surface area contributed by atoms with E-state index >= 15 is 0 Å². The molecule has 40 heavy (non-hydrogen) atoms. The first-order chi connectivity index (χ1) is 19.8. The van der Waals surface area contributed by atoms with Gasteiger partial charge in [0.05, 0.1) is 11.9 Å². The first kappa shape index (κ1) is 24.1. The van der Waals surface area contributed by atoms with E-state index in [-0.39, 0.29) is 0 Å². The Labute approximate surface area is 235 Å². The summed E-state index contributed by atoms with van der Waals surface area (Å²) in [5.74, 6) is 1.55. The second-order valence-corrected chi connectivity index (χ2v) is 10.4. The van der Waals surface area contributed by atoms with Gasteiger partial charge in [0, 0.05) is 12.1 Å². The summed E-state index contributed by atoms with van der Waals surface area (Å²) in [5.41, 5.74) is 3.10. The van der Waals surface area contributed by atoms with Crippen LogP contribution in [0.3, 0.4) is 0 Å². The third-order valence-corrected chi connectivity index (χ3v) is 7.68. The highest BCUT2D eigenvalue weighted by atomic mass is 32.2. The molecule has 6 heteroatoms. The Balaban J connectivity index is 1.17. The van der Waals surface area contributed by atoms with Crippen molar-refractivity contribution in [1.29, 1.82) is 0 Å². The summed E-state index contributed by atoms with van der Waals surface area (Å²) < 4.78 is 8.21. The van der Waals surface area contributed by atoms with Crippen LogP contribution < -0.4 is 0 Å². The van der Waals surface area contributed by atoms with Gasteiger partial charge in [0.25, 0.3) is 0 Å². The van der Waals surface area contributed by atoms with E-state index in [4.69, 9.17) is 4.42 Å². The molecule has 0 saturated carbocycles. The average Bonchev–Trinajstić information content (AvgIpc) is 3.63. The van der Waals surface area contributed by atoms with Crippen molar-refractivity contribution in [3.8, 4) is 5.69 Å². The number of rotatable bonds is 7. The minimum absolute atomic E-state index is 0.658. The molecule has 5 nitrogen and oxygen atoms in total. The maximum atomic E-state index is 6.11. The standard InChI is InChI=1S/C34H24N4OS/c1-2-14-29(15-3-1)38-32(22-27-13-8-12-25-10-6-7-16-31(25)27)36-37-34(38)40-33-20-19-30(39-33)23-35-28-18-17-24-9-4-5-11-26(24)21-28/h1-21,23H,22H2. The van der Waals surface area contributed by atoms with Crippen LogP contribution in [0.4, 0.5) is 5.69 Å². The minimum Gasteiger partial charge on any atom is -0.448 e. The van der Waals surface area contributed by atoms with Crippen molar-refractivity contribution < 1.29 is 4.42 Å². The quantitative estimate of drug-likeness (QED) is 0.191. The van der Waals surface area contributed by atoms with Crippen molar-refractivity contribution in [2.24, 2.45) is 4.99 Å². The molecular weight excluding hydrogens is 512 g/mol. The molecule has 0 spiro atoms. The molecule has 0 atom stereocenters. The van der Waals surface area contributed by atoms with E-state index in [0.29, 0.717) is 12.2 Å². The van der Waals surface area contributed by atoms with Gasteiger partial charge in [0.2, 0.25) is 5.16 Å². The van der Waals surface area contributed by atoms with E-state index in [1.165, 1.54) is 33.5 Å². The van der Waals surface area contributed by atoms with Crippen molar-refractivity contribution in [1.82, 2.24) is 14.8 Å². The molecule has 2 aromatic heterocycles. The van der Waals surface area contributed by atoms with Gasteiger partial charge in [-0.1, -0.05) is 91.0 Å². The number of para-hydroxylation sites is 1. The number of nitrogens with zero attached hydrogens (tertiary/aromatic N) is 4. The molecule has 7 aromatic rings. The van der Waals surface area contributed by atoms with Crippen LogP contribution >= 0.6 is 11.8 Å². The largest absolute Gasteiger partial charge is 0.448 e. The topological polar surface area (TPSA) is 56.2 Å². The summed E-state index contributed by atoms with van der Waals surface area (Å²) in [6.07, 6.45) is 2.41. The van der Waals surface area contributed by atoms with Gasteiger partial charge in [-0.15, -0.1) is 10.2 Å². The van der Waals surface area contributed by atoms with Crippen LogP contribution in [0.1, 0.15) is 17.1 Å². The Bertz CT molecular complexity index is 1970. The zero-order valence-corrected chi connectivity index (χ0v) is 22.3. The van der Waals surface area contributed by atoms with Crippen LogP contribution in [0.25, 0.3) is 27.2 Å². The number of hydrogen-bond donors (Lipinski definition) is 0. The maximum absolute atomic E-state index is 6.11. The Morgan fingerprint density at radius 2 is 1.48 bits per heavy atom. The predicted molar refractivity (Wildman–Crippen MR) is 162 cm³/mol. The van der Waals surface area contributed by atoms with E-state index in [0.717, 1.165) is 32.8 Å². The summed E-state index contributed by atoms with van der Waals surface area (Å²) in [5, 5.41) is 15.5. The van der Waals surface area contributed by atoms with Gasteiger partial charge in [-0.05, 0) is 75.3 Å². The van der Waals surface area contributed by atoms with Gasteiger partial charge >= 0.3 is 0 Å². The molecule has 0 aliphatic rings. The third kappa shape index (κ3) is 4.93. The molecule has 0 fully saturated rings. The number of aromatic nitrogens is 3. The molecule has 5 aromatic carbocycles. The molecule has 0 amide bonds. The van der Waals surface area contributed by atoms with E-state index < -0.39 is 0 Å². The van der Waals surface area contributed by atoms with Crippen LogP contribution in [0.2, 0.25) is 0 Å². The number of furan rings is 1. The minimum atomic E-state index is 0.658. The van der Waals surface area contributed by atoms with Crippen LogP contribution in [0, 0.1) is 0 Å². The molecule has 0 N–H and O–H groups in total. The van der Waals surface area contributed by atoms with Crippen LogP contribution in [0.5, 0.6) is 0 Å². The lowest BCUT2D eigenvalue weighted by Crippen LogP contribution is -2.04. The molecule has 7 rings (SSSR count). The van der Waals surface area contributed by atoms with Crippen molar-refractivity contribution in [3.63, 3.8) is 0 Å². The smallest absolute Gasteiger partial charge is 0.203 e. The Kier molecular flexibility index (Phi) is 6.44. The summed E-state index contributed by atoms with van der Waals surface area (Å²) in [7, 11) is 0. The fourth-order valence-electron chi connectivity index (χ4n) is 4.88. The van der Waals surface area contributed by atoms with E-state index in [1.807, 2.05) is 48.5 Å². The fourth-order valence-corrected chi connectivity index (χ4v) is 5.72. The molecule has 192 valence electrons. The molecular formula is C34H24N4OS. The number of benzene rings is 5. The lowest BCUT2D eigenvalue weighted by atomic mass is 10.0. The Morgan fingerprint density at radius 3 is 2.38 bits per heavy atom. The van der Waals surface area contributed by atoms with Gasteiger partial charge in [0.1, 0.15) is 11.6 Å². The summed E-state index contributed by atoms with van der Waals surface area (Å²) >= 11 is 1.45. The van der Waals surface area contributed by atoms with Gasteiger partial charge in [0.15, 0.2) is 5.09 Å². The SMILES string of the molecule is C(=Nc1ccc2ccccc2c1)c1ccc(Sc2nnc(Cc3cccc4ccccc34)n2-c2ccccc2)o1. The van der Waals surface area contributed by atoms with Crippen LogP contribution in [-0.2, 0) is 6.42 Å². The lowest BCUT2D eigenvalue weighted by molar-refractivity contribution is 0.468. The molecule has 0 saturated heterocycles. The summed E-state index contributed by atoms with van der Waals surface area (Å²) in [4.78, 5) is 4.63. The normalized spacial score (nSPS) is 11.6. The monoisotopic (exact) mass is 536 g/mol. The zero-order chi connectivity index (χ0) is 26.7. The number of aliphatic imine (C=N–C) groups is 1. The Hall–Kier alpha value is -4.94. The third-order valence-electron chi connectivity index (χ3n) is 6.81. The van der Waals surface area contributed by atoms with Crippen LogP contribution in [0.15, 0.2) is 147 Å². The van der Waals surface area contributed by atoms with Crippen molar-refractivity contribution >= 4 is 45.2 Å². The maximum Gasteiger partial charge on any atom is 0.203 e. The summed E-state index contributed by atoms with van der Waals surface area (Å²) in [6.45, 7) is 0. The number of hydrogen-bond acceptors (Lipinski definition) is 5. The van der Waals surface area contributed by atoms with Gasteiger partial charge in [-0.2, -0.15) is 0 Å². The second kappa shape index (κ2) is 10.7. The predicted octanol–water partition coefficient (Wildman–Crippen LogP) is 8.66. The highest BCUT2D eigenvalue weighted by molar-refractivity contribution is 7.99. The fraction of sp³-hybridized carbons (Fsp3) is 0.0294. The van der Waals surface area contributed by atoms with Gasteiger partial charge in [-0.25, -0.2) is 0 Å². The highest BCUT2D eigenvalue weighted by Gasteiger charge is 2.18. The summed E-state index contributed by atoms with van der Waals surface area (Å²) in [6, 6.07) is 43.4. The average molecular weight is 537 g/mol. The lowest BCUT2D eigenvalue weighted by Gasteiger charge is -2.11. The van der Waals surface area contributed by atoms with E-state index in [9.17, 15) is 0 Å². The molecule has 0 bridgehead atoms. The highest BCUT2D eigenvalue weighted by Crippen LogP contribution is 2.32. The van der Waals surface area contributed by atoms with Gasteiger partial charge in [-0.3, -0.25) is 9.56 Å². The molecule has 0 radical (unpaired) electrons. The van der Waals surface area contributed by atoms with Crippen LogP contribution in [-0.4, -0.2) is 21.0 Å². The first-order valence-corrected chi connectivity index (χ1v) is 13.9. The molecule has 0 aliphatic heterocycles. The Morgan fingerprint density at radius 1 is 0.700 bits per heavy atom. The van der Waals surface area contributed by atoms with E-state index in [1.54, 1.807) is 6.21 Å². The molecule has 0 unspecified atom stereocenters. The zero-order valence-electron chi connectivity index (χ0n) is 21.5. The molecule has 0 aliphatic carbocycles. The molecule has 2 heterocycles. The van der Waals surface area contributed by atoms with Crippen molar-refractivity contribution in [3.05, 3.63) is 145 Å². The first-order valence-electron chi connectivity index (χ1n) is 13.1. The second-order valence-electron chi connectivity index (χ2n) is 9.43. The van der Waals surface area contributed by atoms with Crippen molar-refractivity contribution in [2.75, 3.05) is 0 Å². The van der Waals surface area contributed by atoms with Gasteiger partial charge < -0.3 is 4.42 Å². The van der Waals surface area contributed by atoms with Crippen molar-refractivity contribution in [2.45, 2.75) is 16.7 Å². The number of fused-ring (bicyclic) bond motifs is 2.